The van der Waals surface area contributed by atoms with Crippen LogP contribution in [0.2, 0.25) is 0 Å². The first-order chi connectivity index (χ1) is 21.5. The standard InChI is InChI=1S/C24H42N3O16P3/c28-14-10-5-3-1-2-4-8-12-21(30)25-13-9-6-7-11-18-16-27(24(32)26-23(18)31)22-15-19(29)20(41-22)17-40-45(36,37)43-46(38,39)42-44(33,34)35/h7,11,16,19-20,22,28-29H,1-6,8-10,12-15,17H2,(H,25,30)(H,36,37)(H,38,39)(H,26,31,32)(H2,33,34,35)/b11-7+/t19-,20+,22+/m0/s1. The minimum atomic E-state index is -5.73. The van der Waals surface area contributed by atoms with Crippen molar-refractivity contribution in [1.29, 1.82) is 0 Å². The van der Waals surface area contributed by atoms with Gasteiger partial charge in [0.15, 0.2) is 0 Å². The van der Waals surface area contributed by atoms with Crippen molar-refractivity contribution in [2.24, 2.45) is 0 Å². The van der Waals surface area contributed by atoms with Gasteiger partial charge in [-0.3, -0.25) is 23.7 Å². The van der Waals surface area contributed by atoms with Crippen LogP contribution in [0.1, 0.15) is 82.4 Å². The smallest absolute Gasteiger partial charge is 0.396 e. The van der Waals surface area contributed by atoms with Crippen LogP contribution >= 0.6 is 23.5 Å². The third-order valence-electron chi connectivity index (χ3n) is 6.56. The number of aromatic nitrogens is 2. The van der Waals surface area contributed by atoms with E-state index in [1.807, 2.05) is 0 Å². The summed E-state index contributed by atoms with van der Waals surface area (Å²) < 4.78 is 52.3. The van der Waals surface area contributed by atoms with Crippen molar-refractivity contribution in [3.05, 3.63) is 38.7 Å². The van der Waals surface area contributed by atoms with Crippen molar-refractivity contribution >= 4 is 35.5 Å². The predicted octanol–water partition coefficient (Wildman–Crippen LogP) is 1.55. The Labute approximate surface area is 264 Å². The van der Waals surface area contributed by atoms with Crippen molar-refractivity contribution in [2.45, 2.75) is 89.1 Å². The molecule has 2 heterocycles. The molecule has 2 rings (SSSR count). The van der Waals surface area contributed by atoms with E-state index in [0.29, 0.717) is 25.8 Å². The van der Waals surface area contributed by atoms with Crippen molar-refractivity contribution < 1.29 is 66.2 Å². The maximum atomic E-state index is 12.4. The highest BCUT2D eigenvalue weighted by molar-refractivity contribution is 7.66. The van der Waals surface area contributed by atoms with Gasteiger partial charge < -0.3 is 39.8 Å². The number of rotatable bonds is 22. The fraction of sp³-hybridized carbons (Fsp3) is 0.708. The second-order valence-electron chi connectivity index (χ2n) is 10.4. The molecule has 0 radical (unpaired) electrons. The van der Waals surface area contributed by atoms with E-state index >= 15 is 0 Å². The van der Waals surface area contributed by atoms with Gasteiger partial charge in [0.2, 0.25) is 5.91 Å². The fourth-order valence-corrected chi connectivity index (χ4v) is 7.40. The van der Waals surface area contributed by atoms with E-state index in [4.69, 9.17) is 19.6 Å². The molecule has 0 spiro atoms. The number of aromatic amines is 1. The van der Waals surface area contributed by atoms with Crippen LogP contribution in [-0.2, 0) is 36.4 Å². The molecule has 1 aliphatic rings. The Balaban J connectivity index is 1.81. The Morgan fingerprint density at radius 1 is 1.00 bits per heavy atom. The molecule has 5 atom stereocenters. The Morgan fingerprint density at radius 2 is 1.65 bits per heavy atom. The zero-order chi connectivity index (χ0) is 34.4. The first-order valence-electron chi connectivity index (χ1n) is 14.5. The van der Waals surface area contributed by atoms with Crippen LogP contribution in [0.15, 0.2) is 21.9 Å². The van der Waals surface area contributed by atoms with Crippen LogP contribution in [0.3, 0.4) is 0 Å². The number of unbranched alkanes of at least 4 members (excludes halogenated alkanes) is 7. The van der Waals surface area contributed by atoms with Crippen LogP contribution in [0, 0.1) is 0 Å². The summed E-state index contributed by atoms with van der Waals surface area (Å²) in [6, 6.07) is 0. The Morgan fingerprint density at radius 3 is 2.30 bits per heavy atom. The van der Waals surface area contributed by atoms with E-state index in [2.05, 4.69) is 23.4 Å². The molecule has 46 heavy (non-hydrogen) atoms. The van der Waals surface area contributed by atoms with Gasteiger partial charge in [-0.15, -0.1) is 0 Å². The number of carbonyl (C=O) groups is 1. The monoisotopic (exact) mass is 721 g/mol. The normalized spacial score (nSPS) is 21.3. The number of hydrogen-bond acceptors (Lipinski definition) is 12. The summed E-state index contributed by atoms with van der Waals surface area (Å²) in [4.78, 5) is 74.8. The molecule has 1 amide bonds. The van der Waals surface area contributed by atoms with Crippen LogP contribution in [0.5, 0.6) is 0 Å². The molecule has 1 aromatic heterocycles. The molecule has 0 saturated carbocycles. The fourth-order valence-electron chi connectivity index (χ4n) is 4.37. The molecule has 8 N–H and O–H groups in total. The molecule has 1 aromatic rings. The molecule has 19 nitrogen and oxygen atoms in total. The highest BCUT2D eigenvalue weighted by Gasteiger charge is 2.43. The first kappa shape index (κ1) is 40.4. The minimum absolute atomic E-state index is 0.0353. The average molecular weight is 722 g/mol. The van der Waals surface area contributed by atoms with Gasteiger partial charge in [0.25, 0.3) is 5.56 Å². The highest BCUT2D eigenvalue weighted by Crippen LogP contribution is 2.66. The molecule has 2 unspecified atom stereocenters. The van der Waals surface area contributed by atoms with Gasteiger partial charge in [0.05, 0.1) is 18.3 Å². The lowest BCUT2D eigenvalue weighted by Crippen LogP contribution is -2.33. The minimum Gasteiger partial charge on any atom is -0.396 e. The number of nitrogens with zero attached hydrogens (tertiary/aromatic N) is 1. The SMILES string of the molecule is O=C(CCCCCCCCCO)NCCC/C=C/c1cn([C@H]2C[C@H](O)[C@@H](COP(=O)(O)OP(=O)(O)OP(=O)(O)O)O2)c(=O)[nH]c1=O. The number of aliphatic hydroxyl groups excluding tert-OH is 2. The molecule has 1 fully saturated rings. The maximum absolute atomic E-state index is 12.4. The third kappa shape index (κ3) is 15.8. The Bertz CT molecular complexity index is 1410. The van der Waals surface area contributed by atoms with E-state index < -0.39 is 59.8 Å². The number of carbonyl (C=O) groups excluding carboxylic acids is 1. The Hall–Kier alpha value is -1.82. The zero-order valence-electron chi connectivity index (χ0n) is 24.9. The lowest BCUT2D eigenvalue weighted by Gasteiger charge is -2.19. The number of aliphatic hydroxyl groups is 2. The van der Waals surface area contributed by atoms with E-state index in [1.54, 1.807) is 6.08 Å². The summed E-state index contributed by atoms with van der Waals surface area (Å²) in [6.07, 6.45) is 8.58. The molecule has 0 aliphatic carbocycles. The quantitative estimate of drug-likeness (QED) is 0.0622. The summed E-state index contributed by atoms with van der Waals surface area (Å²) >= 11 is 0. The zero-order valence-corrected chi connectivity index (χ0v) is 27.6. The van der Waals surface area contributed by atoms with Gasteiger partial charge >= 0.3 is 29.2 Å². The van der Waals surface area contributed by atoms with Crippen LogP contribution < -0.4 is 16.6 Å². The maximum Gasteiger partial charge on any atom is 0.490 e. The summed E-state index contributed by atoms with van der Waals surface area (Å²) in [7, 11) is -16.8. The molecule has 264 valence electrons. The van der Waals surface area contributed by atoms with Crippen molar-refractivity contribution in [3.63, 3.8) is 0 Å². The van der Waals surface area contributed by atoms with Crippen molar-refractivity contribution in [1.82, 2.24) is 14.9 Å². The summed E-state index contributed by atoms with van der Waals surface area (Å²) in [5, 5.41) is 21.9. The molecule has 1 saturated heterocycles. The molecular weight excluding hydrogens is 679 g/mol. The lowest BCUT2D eigenvalue weighted by atomic mass is 10.1. The van der Waals surface area contributed by atoms with Gasteiger partial charge in [0, 0.05) is 32.2 Å². The average Bonchev–Trinajstić information content (AvgIpc) is 3.30. The van der Waals surface area contributed by atoms with Crippen molar-refractivity contribution in [3.8, 4) is 0 Å². The van der Waals surface area contributed by atoms with Gasteiger partial charge in [-0.2, -0.15) is 8.62 Å². The van der Waals surface area contributed by atoms with Crippen LogP contribution in [0.4, 0.5) is 0 Å². The predicted molar refractivity (Wildman–Crippen MR) is 161 cm³/mol. The molecule has 22 heteroatoms. The van der Waals surface area contributed by atoms with Crippen LogP contribution in [-0.4, -0.2) is 77.2 Å². The van der Waals surface area contributed by atoms with Gasteiger partial charge in [-0.1, -0.05) is 44.3 Å². The molecule has 0 aromatic carbocycles. The van der Waals surface area contributed by atoms with E-state index in [1.165, 1.54) is 12.3 Å². The number of amides is 1. The number of allylic oxidation sites excluding steroid dienone is 1. The summed E-state index contributed by atoms with van der Waals surface area (Å²) in [5.74, 6) is -0.0353. The lowest BCUT2D eigenvalue weighted by molar-refractivity contribution is -0.121. The topological polar surface area (TPSA) is 293 Å². The van der Waals surface area contributed by atoms with Gasteiger partial charge in [0.1, 0.15) is 12.3 Å². The van der Waals surface area contributed by atoms with Crippen molar-refractivity contribution in [2.75, 3.05) is 19.8 Å². The van der Waals surface area contributed by atoms with Gasteiger partial charge in [-0.05, 0) is 25.7 Å². The molecule has 0 bridgehead atoms. The van der Waals surface area contributed by atoms with Gasteiger partial charge in [-0.25, -0.2) is 18.5 Å². The number of H-pyrrole nitrogens is 1. The first-order valence-corrected chi connectivity index (χ1v) is 19.1. The number of phosphoric ester groups is 1. The second-order valence-corrected chi connectivity index (χ2v) is 14.8. The highest BCUT2D eigenvalue weighted by atomic mass is 31.3. The third-order valence-corrected chi connectivity index (χ3v) is 10.4. The summed E-state index contributed by atoms with van der Waals surface area (Å²) in [6.45, 7) is -0.263. The molecular formula is C24H42N3O16P3. The van der Waals surface area contributed by atoms with Crippen LogP contribution in [0.25, 0.3) is 6.08 Å². The Kier molecular flexibility index (Phi) is 16.9. The summed E-state index contributed by atoms with van der Waals surface area (Å²) in [5.41, 5.74) is -1.49. The second kappa shape index (κ2) is 19.2. The van der Waals surface area contributed by atoms with E-state index in [0.717, 1.165) is 49.5 Å². The number of phosphoric acid groups is 3. The molecule has 1 aliphatic heterocycles. The van der Waals surface area contributed by atoms with E-state index in [9.17, 15) is 43.0 Å². The van der Waals surface area contributed by atoms with E-state index in [-0.39, 0.29) is 24.5 Å². The number of ether oxygens (including phenoxy) is 1. The number of nitrogens with one attached hydrogen (secondary N) is 2. The number of hydrogen-bond donors (Lipinski definition) is 8. The largest absolute Gasteiger partial charge is 0.490 e.